The molecule has 0 unspecified atom stereocenters. The summed E-state index contributed by atoms with van der Waals surface area (Å²) >= 11 is 6.07. The van der Waals surface area contributed by atoms with Gasteiger partial charge in [-0.25, -0.2) is 4.39 Å². The van der Waals surface area contributed by atoms with E-state index in [4.69, 9.17) is 21.1 Å². The van der Waals surface area contributed by atoms with Gasteiger partial charge in [0.05, 0.1) is 19.8 Å². The molecular weight excluding hydrogens is 269 g/mol. The van der Waals surface area contributed by atoms with E-state index in [1.807, 2.05) is 0 Å². The van der Waals surface area contributed by atoms with Crippen molar-refractivity contribution in [2.24, 2.45) is 0 Å². The van der Waals surface area contributed by atoms with Gasteiger partial charge in [-0.15, -0.1) is 0 Å². The first-order chi connectivity index (χ1) is 9.19. The van der Waals surface area contributed by atoms with Crippen molar-refractivity contribution in [1.82, 2.24) is 4.90 Å². The lowest BCUT2D eigenvalue weighted by Gasteiger charge is -2.38. The third-order valence-electron chi connectivity index (χ3n) is 3.75. The first-order valence-corrected chi connectivity index (χ1v) is 6.99. The van der Waals surface area contributed by atoms with Crippen LogP contribution in [0.4, 0.5) is 4.39 Å². The highest BCUT2D eigenvalue weighted by molar-refractivity contribution is 6.31. The summed E-state index contributed by atoms with van der Waals surface area (Å²) < 4.78 is 25.2. The average molecular weight is 286 g/mol. The first kappa shape index (κ1) is 13.3. The lowest BCUT2D eigenvalue weighted by molar-refractivity contribution is -0.190. The lowest BCUT2D eigenvalue weighted by Crippen LogP contribution is -2.48. The first-order valence-electron chi connectivity index (χ1n) is 6.62. The molecule has 3 rings (SSSR count). The average Bonchev–Trinajstić information content (AvgIpc) is 2.82. The molecule has 104 valence electrons. The minimum atomic E-state index is -0.476. The van der Waals surface area contributed by atoms with Gasteiger partial charge in [-0.05, 0) is 25.1 Å². The van der Waals surface area contributed by atoms with E-state index in [1.165, 1.54) is 6.07 Å². The van der Waals surface area contributed by atoms with Crippen molar-refractivity contribution in [3.63, 3.8) is 0 Å². The van der Waals surface area contributed by atoms with Crippen molar-refractivity contribution in [3.05, 3.63) is 34.6 Å². The highest BCUT2D eigenvalue weighted by Gasteiger charge is 2.40. The van der Waals surface area contributed by atoms with E-state index in [-0.39, 0.29) is 5.82 Å². The summed E-state index contributed by atoms with van der Waals surface area (Å²) in [7, 11) is 0. The zero-order chi connectivity index (χ0) is 13.3. The van der Waals surface area contributed by atoms with Gasteiger partial charge >= 0.3 is 0 Å². The molecule has 0 aromatic heterocycles. The monoisotopic (exact) mass is 285 g/mol. The van der Waals surface area contributed by atoms with Gasteiger partial charge in [-0.3, -0.25) is 4.90 Å². The van der Waals surface area contributed by atoms with Crippen LogP contribution in [0.2, 0.25) is 5.02 Å². The fourth-order valence-corrected chi connectivity index (χ4v) is 3.07. The predicted molar refractivity (Wildman–Crippen MR) is 70.6 cm³/mol. The highest BCUT2D eigenvalue weighted by atomic mass is 35.5. The van der Waals surface area contributed by atoms with Gasteiger partial charge in [0.1, 0.15) is 5.82 Å². The fourth-order valence-electron chi connectivity index (χ4n) is 2.85. The van der Waals surface area contributed by atoms with Crippen LogP contribution in [0.1, 0.15) is 18.4 Å². The third-order valence-corrected chi connectivity index (χ3v) is 4.11. The molecule has 19 heavy (non-hydrogen) atoms. The molecule has 2 saturated heterocycles. The molecule has 0 aliphatic carbocycles. The molecule has 5 heteroatoms. The maximum Gasteiger partial charge on any atom is 0.181 e. The van der Waals surface area contributed by atoms with E-state index in [9.17, 15) is 4.39 Å². The minimum Gasteiger partial charge on any atom is -0.346 e. The van der Waals surface area contributed by atoms with Gasteiger partial charge in [-0.2, -0.15) is 0 Å². The van der Waals surface area contributed by atoms with Crippen LogP contribution in [0, 0.1) is 5.82 Å². The zero-order valence-corrected chi connectivity index (χ0v) is 11.5. The fraction of sp³-hybridized carbons (Fsp3) is 0.571. The smallest absolute Gasteiger partial charge is 0.181 e. The molecule has 0 amide bonds. The Labute approximate surface area is 117 Å². The van der Waals surface area contributed by atoms with E-state index in [0.29, 0.717) is 36.9 Å². The predicted octanol–water partition coefficient (Wildman–Crippen LogP) is 2.82. The van der Waals surface area contributed by atoms with Gasteiger partial charge in [0.2, 0.25) is 0 Å². The summed E-state index contributed by atoms with van der Waals surface area (Å²) in [5, 5.41) is 0.480. The van der Waals surface area contributed by atoms with Crippen LogP contribution in [0.25, 0.3) is 0 Å². The van der Waals surface area contributed by atoms with Crippen LogP contribution in [-0.2, 0) is 16.0 Å². The van der Waals surface area contributed by atoms with E-state index in [0.717, 1.165) is 19.4 Å². The normalized spacial score (nSPS) is 23.1. The SMILES string of the molecule is Fc1cccc(Cl)c1CN1CCCC2(C1)OCCO2. The van der Waals surface area contributed by atoms with Gasteiger partial charge in [0, 0.05) is 23.6 Å². The Hall–Kier alpha value is -0.680. The van der Waals surface area contributed by atoms with Crippen LogP contribution < -0.4 is 0 Å². The molecule has 2 heterocycles. The molecule has 3 nitrogen and oxygen atoms in total. The second-order valence-electron chi connectivity index (χ2n) is 5.12. The summed E-state index contributed by atoms with van der Waals surface area (Å²) in [6.45, 7) is 3.39. The van der Waals surface area contributed by atoms with Crippen LogP contribution >= 0.6 is 11.6 Å². The molecule has 0 saturated carbocycles. The number of halogens is 2. The van der Waals surface area contributed by atoms with E-state index in [2.05, 4.69) is 4.90 Å². The maximum atomic E-state index is 13.8. The molecule has 1 spiro atoms. The van der Waals surface area contributed by atoms with Crippen LogP contribution in [0.3, 0.4) is 0 Å². The van der Waals surface area contributed by atoms with Crippen molar-refractivity contribution in [1.29, 1.82) is 0 Å². The number of hydrogen-bond acceptors (Lipinski definition) is 3. The number of ether oxygens (including phenoxy) is 2. The third kappa shape index (κ3) is 2.77. The largest absolute Gasteiger partial charge is 0.346 e. The number of benzene rings is 1. The summed E-state index contributed by atoms with van der Waals surface area (Å²) in [4.78, 5) is 2.15. The van der Waals surface area contributed by atoms with Gasteiger partial charge in [0.25, 0.3) is 0 Å². The molecule has 0 atom stereocenters. The van der Waals surface area contributed by atoms with E-state index in [1.54, 1.807) is 12.1 Å². The maximum absolute atomic E-state index is 13.8. The molecule has 0 radical (unpaired) electrons. The molecule has 1 aromatic rings. The Bertz CT molecular complexity index is 443. The molecular formula is C14H17ClFNO2. The Morgan fingerprint density at radius 3 is 2.84 bits per heavy atom. The van der Waals surface area contributed by atoms with Gasteiger partial charge in [-0.1, -0.05) is 17.7 Å². The molecule has 2 fully saturated rings. The lowest BCUT2D eigenvalue weighted by atomic mass is 10.0. The van der Waals surface area contributed by atoms with Crippen LogP contribution in [-0.4, -0.2) is 37.0 Å². The van der Waals surface area contributed by atoms with Crippen molar-refractivity contribution >= 4 is 11.6 Å². The second kappa shape index (κ2) is 5.37. The standard InChI is InChI=1S/C14H17ClFNO2/c15-12-3-1-4-13(16)11(12)9-17-6-2-5-14(10-17)18-7-8-19-14/h1,3-4H,2,5-10H2. The summed E-state index contributed by atoms with van der Waals surface area (Å²) in [5.74, 6) is -0.726. The van der Waals surface area contributed by atoms with Crippen molar-refractivity contribution in [3.8, 4) is 0 Å². The quantitative estimate of drug-likeness (QED) is 0.834. The van der Waals surface area contributed by atoms with Gasteiger partial charge < -0.3 is 9.47 Å². The number of rotatable bonds is 2. The Kier molecular flexibility index (Phi) is 3.76. The number of likely N-dealkylation sites (tertiary alicyclic amines) is 1. The molecule has 1 aromatic carbocycles. The van der Waals surface area contributed by atoms with Crippen molar-refractivity contribution < 1.29 is 13.9 Å². The molecule has 2 aliphatic rings. The van der Waals surface area contributed by atoms with E-state index >= 15 is 0 Å². The molecule has 0 bridgehead atoms. The highest BCUT2D eigenvalue weighted by Crippen LogP contribution is 2.31. The number of piperidine rings is 1. The number of nitrogens with zero attached hydrogens (tertiary/aromatic N) is 1. The topological polar surface area (TPSA) is 21.7 Å². The van der Waals surface area contributed by atoms with Crippen LogP contribution in [0.5, 0.6) is 0 Å². The summed E-state index contributed by atoms with van der Waals surface area (Å²) in [6, 6.07) is 4.80. The summed E-state index contributed by atoms with van der Waals surface area (Å²) in [5.41, 5.74) is 0.555. The zero-order valence-electron chi connectivity index (χ0n) is 10.7. The van der Waals surface area contributed by atoms with Crippen molar-refractivity contribution in [2.75, 3.05) is 26.3 Å². The molecule has 2 aliphatic heterocycles. The van der Waals surface area contributed by atoms with Crippen molar-refractivity contribution in [2.45, 2.75) is 25.2 Å². The Balaban J connectivity index is 1.73. The Morgan fingerprint density at radius 1 is 1.32 bits per heavy atom. The summed E-state index contributed by atoms with van der Waals surface area (Å²) in [6.07, 6.45) is 1.90. The van der Waals surface area contributed by atoms with Gasteiger partial charge in [0.15, 0.2) is 5.79 Å². The molecule has 0 N–H and O–H groups in total. The number of hydrogen-bond donors (Lipinski definition) is 0. The second-order valence-corrected chi connectivity index (χ2v) is 5.53. The Morgan fingerprint density at radius 2 is 2.11 bits per heavy atom. The van der Waals surface area contributed by atoms with E-state index < -0.39 is 5.79 Å². The van der Waals surface area contributed by atoms with Crippen LogP contribution in [0.15, 0.2) is 18.2 Å². The minimum absolute atomic E-state index is 0.250.